The number of nitrogens with one attached hydrogen (secondary N) is 1. The van der Waals surface area contributed by atoms with E-state index in [-0.39, 0.29) is 12.4 Å². The largest absolute Gasteiger partial charge is 1.00 e. The van der Waals surface area contributed by atoms with Crippen LogP contribution in [0.2, 0.25) is 5.02 Å². The highest BCUT2D eigenvalue weighted by atomic mass is 35.5. The molecular formula is C11H14Cl2N5S-. The average Bonchev–Trinajstić information content (AvgIpc) is 2.75. The van der Waals surface area contributed by atoms with Gasteiger partial charge in [-0.15, -0.1) is 5.10 Å². The van der Waals surface area contributed by atoms with Crippen molar-refractivity contribution in [2.75, 3.05) is 12.3 Å². The molecule has 0 aliphatic rings. The molecule has 0 radical (unpaired) electrons. The fourth-order valence-electron chi connectivity index (χ4n) is 1.44. The fourth-order valence-corrected chi connectivity index (χ4v) is 2.40. The predicted octanol–water partition coefficient (Wildman–Crippen LogP) is -1.25. The molecule has 2 aromatic rings. The maximum absolute atomic E-state index is 5.91. The Kier molecular flexibility index (Phi) is 7.15. The van der Waals surface area contributed by atoms with E-state index in [4.69, 9.17) is 11.6 Å². The van der Waals surface area contributed by atoms with E-state index in [1.807, 2.05) is 25.2 Å². The van der Waals surface area contributed by atoms with Gasteiger partial charge in [-0.05, 0) is 28.1 Å². The maximum Gasteiger partial charge on any atom is 0.209 e. The highest BCUT2D eigenvalue weighted by Crippen LogP contribution is 2.12. The zero-order chi connectivity index (χ0) is 12.8. The van der Waals surface area contributed by atoms with Crippen LogP contribution in [0, 0.1) is 0 Å². The zero-order valence-corrected chi connectivity index (χ0v) is 12.7. The summed E-state index contributed by atoms with van der Waals surface area (Å²) in [5.41, 5.74) is 1.19. The molecule has 1 N–H and O–H groups in total. The van der Waals surface area contributed by atoms with Crippen LogP contribution in [0.25, 0.3) is 0 Å². The summed E-state index contributed by atoms with van der Waals surface area (Å²) in [5, 5.41) is 16.2. The van der Waals surface area contributed by atoms with Crippen molar-refractivity contribution in [3.8, 4) is 0 Å². The number of thioether (sulfide) groups is 1. The first kappa shape index (κ1) is 16.2. The first-order valence-electron chi connectivity index (χ1n) is 5.56. The van der Waals surface area contributed by atoms with Crippen LogP contribution in [0.3, 0.4) is 0 Å². The number of nitrogens with zero attached hydrogens (tertiary/aromatic N) is 4. The van der Waals surface area contributed by atoms with Crippen LogP contribution >= 0.6 is 23.4 Å². The molecule has 2 rings (SSSR count). The second kappa shape index (κ2) is 8.37. The van der Waals surface area contributed by atoms with E-state index in [0.717, 1.165) is 29.0 Å². The van der Waals surface area contributed by atoms with Crippen molar-refractivity contribution in [2.24, 2.45) is 7.05 Å². The molecule has 1 aromatic carbocycles. The SMILES string of the molecule is Cn1nnnc1SCCNCc1cccc(Cl)c1.[Cl-]. The van der Waals surface area contributed by atoms with Gasteiger partial charge >= 0.3 is 0 Å². The molecule has 0 aliphatic heterocycles. The van der Waals surface area contributed by atoms with E-state index < -0.39 is 0 Å². The number of aromatic nitrogens is 4. The Labute approximate surface area is 127 Å². The van der Waals surface area contributed by atoms with Gasteiger partial charge in [0.25, 0.3) is 0 Å². The number of hydrogen-bond donors (Lipinski definition) is 1. The minimum absolute atomic E-state index is 0. The Balaban J connectivity index is 0.00000180. The quantitative estimate of drug-likeness (QED) is 0.533. The van der Waals surface area contributed by atoms with Crippen molar-refractivity contribution in [3.05, 3.63) is 34.9 Å². The summed E-state index contributed by atoms with van der Waals surface area (Å²) in [6.07, 6.45) is 0. The van der Waals surface area contributed by atoms with E-state index in [2.05, 4.69) is 26.9 Å². The summed E-state index contributed by atoms with van der Waals surface area (Å²) in [7, 11) is 1.84. The minimum atomic E-state index is 0. The Morgan fingerprint density at radius 2 is 2.26 bits per heavy atom. The number of hydrogen-bond acceptors (Lipinski definition) is 5. The van der Waals surface area contributed by atoms with Gasteiger partial charge < -0.3 is 17.7 Å². The third-order valence-corrected chi connectivity index (χ3v) is 3.56. The van der Waals surface area contributed by atoms with Gasteiger partial charge in [-0.1, -0.05) is 35.5 Å². The van der Waals surface area contributed by atoms with Crippen molar-refractivity contribution < 1.29 is 12.4 Å². The Morgan fingerprint density at radius 1 is 1.42 bits per heavy atom. The summed E-state index contributed by atoms with van der Waals surface area (Å²) in [5.74, 6) is 0.925. The highest BCUT2D eigenvalue weighted by molar-refractivity contribution is 7.99. The summed E-state index contributed by atoms with van der Waals surface area (Å²) >= 11 is 7.54. The van der Waals surface area contributed by atoms with E-state index in [9.17, 15) is 0 Å². The number of rotatable bonds is 6. The van der Waals surface area contributed by atoms with Crippen molar-refractivity contribution in [1.29, 1.82) is 0 Å². The lowest BCUT2D eigenvalue weighted by Gasteiger charge is -2.04. The van der Waals surface area contributed by atoms with Crippen molar-refractivity contribution >= 4 is 23.4 Å². The lowest BCUT2D eigenvalue weighted by molar-refractivity contribution is -0.00000383. The molecule has 0 atom stereocenters. The molecule has 0 bridgehead atoms. The topological polar surface area (TPSA) is 55.6 Å². The second-order valence-electron chi connectivity index (χ2n) is 3.74. The van der Waals surface area contributed by atoms with Gasteiger partial charge in [-0.3, -0.25) is 0 Å². The Bertz CT molecular complexity index is 505. The van der Waals surface area contributed by atoms with Gasteiger partial charge in [0.2, 0.25) is 5.16 Å². The van der Waals surface area contributed by atoms with Gasteiger partial charge in [0.15, 0.2) is 0 Å². The Hall–Kier alpha value is -0.820. The average molecular weight is 319 g/mol. The van der Waals surface area contributed by atoms with E-state index in [1.165, 1.54) is 5.56 Å². The van der Waals surface area contributed by atoms with Gasteiger partial charge in [-0.25, -0.2) is 4.68 Å². The van der Waals surface area contributed by atoms with Crippen LogP contribution in [-0.2, 0) is 13.6 Å². The monoisotopic (exact) mass is 318 g/mol. The van der Waals surface area contributed by atoms with Crippen LogP contribution in [0.4, 0.5) is 0 Å². The lowest BCUT2D eigenvalue weighted by Crippen LogP contribution is -3.00. The summed E-state index contributed by atoms with van der Waals surface area (Å²) in [4.78, 5) is 0. The van der Waals surface area contributed by atoms with Crippen LogP contribution < -0.4 is 17.7 Å². The summed E-state index contributed by atoms with van der Waals surface area (Å²) in [6.45, 7) is 1.71. The molecule has 0 saturated heterocycles. The van der Waals surface area contributed by atoms with Gasteiger partial charge in [-0.2, -0.15) is 0 Å². The molecule has 1 aromatic heterocycles. The first-order valence-corrected chi connectivity index (χ1v) is 6.92. The van der Waals surface area contributed by atoms with Gasteiger partial charge in [0, 0.05) is 30.9 Å². The minimum Gasteiger partial charge on any atom is -1.00 e. The van der Waals surface area contributed by atoms with E-state index in [0.29, 0.717) is 0 Å². The third kappa shape index (κ3) is 5.36. The molecule has 8 heteroatoms. The zero-order valence-electron chi connectivity index (χ0n) is 10.4. The molecule has 0 aliphatic carbocycles. The van der Waals surface area contributed by atoms with Gasteiger partial charge in [0.05, 0.1) is 0 Å². The van der Waals surface area contributed by atoms with Crippen LogP contribution in [0.1, 0.15) is 5.56 Å². The normalized spacial score (nSPS) is 10.2. The summed E-state index contributed by atoms with van der Waals surface area (Å²) < 4.78 is 1.67. The highest BCUT2D eigenvalue weighted by Gasteiger charge is 2.01. The Morgan fingerprint density at radius 3 is 2.95 bits per heavy atom. The van der Waals surface area contributed by atoms with Crippen molar-refractivity contribution in [3.63, 3.8) is 0 Å². The van der Waals surface area contributed by atoms with E-state index in [1.54, 1.807) is 16.4 Å². The second-order valence-corrected chi connectivity index (χ2v) is 5.24. The van der Waals surface area contributed by atoms with Gasteiger partial charge in [0.1, 0.15) is 0 Å². The fraction of sp³-hybridized carbons (Fsp3) is 0.364. The van der Waals surface area contributed by atoms with Crippen LogP contribution in [0.5, 0.6) is 0 Å². The van der Waals surface area contributed by atoms with Crippen molar-refractivity contribution in [1.82, 2.24) is 25.5 Å². The maximum atomic E-state index is 5.91. The first-order chi connectivity index (χ1) is 8.75. The molecule has 0 spiro atoms. The van der Waals surface area contributed by atoms with Crippen LogP contribution in [-0.4, -0.2) is 32.5 Å². The number of aryl methyl sites for hydroxylation is 1. The lowest BCUT2D eigenvalue weighted by atomic mass is 10.2. The molecule has 5 nitrogen and oxygen atoms in total. The number of tetrazole rings is 1. The number of benzene rings is 1. The molecule has 0 amide bonds. The molecule has 19 heavy (non-hydrogen) atoms. The number of halogens is 2. The molecule has 104 valence electrons. The molecule has 1 heterocycles. The molecule has 0 unspecified atom stereocenters. The van der Waals surface area contributed by atoms with Crippen LogP contribution in [0.15, 0.2) is 29.4 Å². The standard InChI is InChI=1S/C11H14ClN5S.ClH/c1-17-11(14-15-16-17)18-6-5-13-8-9-3-2-4-10(12)7-9;/h2-4,7,13H,5-6,8H2,1H3;1H/p-1. The van der Waals surface area contributed by atoms with Crippen molar-refractivity contribution in [2.45, 2.75) is 11.7 Å². The molecular weight excluding hydrogens is 305 g/mol. The summed E-state index contributed by atoms with van der Waals surface area (Å²) in [6, 6.07) is 7.86. The predicted molar refractivity (Wildman–Crippen MR) is 72.7 cm³/mol. The molecule has 0 fully saturated rings. The molecule has 0 saturated carbocycles. The van der Waals surface area contributed by atoms with E-state index >= 15 is 0 Å². The third-order valence-electron chi connectivity index (χ3n) is 2.31. The smallest absolute Gasteiger partial charge is 0.209 e.